The molecule has 1 aromatic heterocycles. The molecule has 42 nitrogen and oxygen atoms in total. The average molecular weight is 1720 g/mol. The molecule has 0 aliphatic carbocycles. The van der Waals surface area contributed by atoms with Crippen LogP contribution >= 0.6 is 0 Å². The van der Waals surface area contributed by atoms with Crippen LogP contribution < -0.4 is 108 Å². The maximum atomic E-state index is 15.1. The van der Waals surface area contributed by atoms with Gasteiger partial charge in [0.25, 0.3) is 0 Å². The Morgan fingerprint density at radius 1 is 0.374 bits per heavy atom. The van der Waals surface area contributed by atoms with E-state index in [4.69, 9.17) is 44.9 Å². The Morgan fingerprint density at radius 2 is 0.659 bits per heavy atom. The molecule has 123 heavy (non-hydrogen) atoms. The Hall–Kier alpha value is -13.3. The maximum absolute atomic E-state index is 15.1. The molecule has 14 atom stereocenters. The Kier molecular flexibility index (Phi) is 43.1. The third-order valence-electron chi connectivity index (χ3n) is 19.9. The maximum Gasteiger partial charge on any atom is 0.243 e. The number of nitrogens with two attached hydrogens (primary N) is 5. The lowest BCUT2D eigenvalue weighted by Gasteiger charge is -2.31. The fraction of sp³-hybridized carbons (Fsp3) is 0.531. The fourth-order valence-corrected chi connectivity index (χ4v) is 12.9. The molecule has 0 saturated carbocycles. The summed E-state index contributed by atoms with van der Waals surface area (Å²) in [4.78, 5) is 207. The highest BCUT2D eigenvalue weighted by Gasteiger charge is 2.40. The first-order valence-electron chi connectivity index (χ1n) is 40.8. The van der Waals surface area contributed by atoms with Gasteiger partial charge in [0.05, 0.1) is 12.7 Å². The molecule has 0 radical (unpaired) electrons. The van der Waals surface area contributed by atoms with Crippen LogP contribution in [0.1, 0.15) is 155 Å². The summed E-state index contributed by atoms with van der Waals surface area (Å²) in [6, 6.07) is -0.806. The van der Waals surface area contributed by atoms with Gasteiger partial charge < -0.3 is 129 Å². The molecular formula is C81H125N25O17. The van der Waals surface area contributed by atoms with Crippen molar-refractivity contribution in [2.75, 3.05) is 19.6 Å². The number of rotatable bonds is 54. The number of phenolic OH excluding ortho intramolecular Hbond substituents is 3. The standard InChI is InChI=1S/C81H125N25O17/c1-10-44(7)65(77(122)103-60(36-48-20-26-52(109)27-21-48)72(117)97-56(17-14-32-93-81(88)89)70(115)99-58(33-42(3)4)71(116)96-55(16-13-31-92-80(86)87)69(114)98-57(67(83)112)35-47-18-24-51(108)25-19-47)105-75(120)59(34-43(5)6)100-74(119)63(39-64(82)111)104-78(123)66(45(8)11-2)106-76(121)61(37-49-22-28-53(110)29-23-49)101-73(118)62(38-50-40-90-41-94-50)102-68(113)54(95-46(9)107)15-12-30-91-79(84)85/h18-29,40-45,54-63,65-66,108-110H,10-17,30-39H2,1-9H3,(H2,82,111)(H2,83,112)(H,90,94)(H,95,107)(H,96,116)(H,97,117)(H,98,114)(H,99,115)(H,100,119)(H,101,118)(H,102,113)(H,103,122)(H,104,123)(H,105,120)(H,106,121)(H4,84,85,91)(H4,86,87,92)(H4,88,89,93)/t44-,45-,54-,55-,56-,57-,58-,59-,60-,61-,62-,63-,65-,66-/m0/s1. The van der Waals surface area contributed by atoms with Gasteiger partial charge in [-0.3, -0.25) is 83.4 Å². The Balaban J connectivity index is 1.68. The SMILES string of the molecule is CC[C@H](C)[C@H](NC(=O)[C@H](Cc1ccc(O)cc1)NC(=O)[C@H](Cc1cnc[nH]1)NC(=O)[C@H](CCCNC(=N)N)NC(C)=O)C(=O)N[C@@H](CC(N)=O)C(=O)N[C@@H](CC(C)C)C(=O)N[C@H](C(=O)N[C@@H](Cc1ccc(O)cc1)C(=O)N[C@@H](CCCNC(=N)N)C(=O)N[C@@H](CC(C)C)C(=O)N[C@@H](CCCNC(=N)N)C(=O)N[C@@H](Cc1ccc(O)cc1)C(N)=O)[C@@H](C)CC. The summed E-state index contributed by atoms with van der Waals surface area (Å²) >= 11 is 0. The van der Waals surface area contributed by atoms with Crippen molar-refractivity contribution in [2.24, 2.45) is 52.3 Å². The van der Waals surface area contributed by atoms with Crippen LogP contribution in [0.5, 0.6) is 17.2 Å². The minimum atomic E-state index is -1.84. The zero-order chi connectivity index (χ0) is 91.7. The lowest BCUT2D eigenvalue weighted by molar-refractivity contribution is -0.137. The van der Waals surface area contributed by atoms with Gasteiger partial charge in [0.15, 0.2) is 17.9 Å². The number of imidazole rings is 1. The van der Waals surface area contributed by atoms with Crippen LogP contribution in [0.2, 0.25) is 0 Å². The summed E-state index contributed by atoms with van der Waals surface area (Å²) in [5.41, 5.74) is 29.6. The first kappa shape index (κ1) is 102. The largest absolute Gasteiger partial charge is 0.508 e. The van der Waals surface area contributed by atoms with Gasteiger partial charge in [0.1, 0.15) is 89.8 Å². The summed E-state index contributed by atoms with van der Waals surface area (Å²) < 4.78 is 0. The number of aromatic nitrogens is 2. The average Bonchev–Trinajstić information content (AvgIpc) is 1.38. The molecule has 0 saturated heterocycles. The third kappa shape index (κ3) is 37.9. The van der Waals surface area contributed by atoms with Crippen molar-refractivity contribution in [1.82, 2.24) is 89.7 Å². The van der Waals surface area contributed by atoms with E-state index in [1.54, 1.807) is 55.4 Å². The van der Waals surface area contributed by atoms with Crippen LogP contribution in [-0.4, -0.2) is 218 Å². The van der Waals surface area contributed by atoms with Gasteiger partial charge in [-0.25, -0.2) is 4.98 Å². The smallest absolute Gasteiger partial charge is 0.243 e. The number of hydrogen-bond donors (Lipinski definition) is 27. The summed E-state index contributed by atoms with van der Waals surface area (Å²) in [5, 5.41) is 92.9. The summed E-state index contributed by atoms with van der Waals surface area (Å²) in [5.74, 6) is -16.5. The number of guanidine groups is 3. The highest BCUT2D eigenvalue weighted by atomic mass is 16.3. The van der Waals surface area contributed by atoms with E-state index >= 15 is 9.59 Å². The first-order chi connectivity index (χ1) is 58.1. The Labute approximate surface area is 714 Å². The fourth-order valence-electron chi connectivity index (χ4n) is 12.9. The molecule has 32 N–H and O–H groups in total. The van der Waals surface area contributed by atoms with Gasteiger partial charge in [-0.05, 0) is 128 Å². The monoisotopic (exact) mass is 1720 g/mol. The molecule has 676 valence electrons. The van der Waals surface area contributed by atoms with Crippen LogP contribution in [0.4, 0.5) is 0 Å². The highest BCUT2D eigenvalue weighted by molar-refractivity contribution is 6.01. The summed E-state index contributed by atoms with van der Waals surface area (Å²) in [7, 11) is 0. The van der Waals surface area contributed by atoms with E-state index in [1.165, 1.54) is 92.2 Å². The molecular weight excluding hydrogens is 1600 g/mol. The van der Waals surface area contributed by atoms with E-state index in [1.807, 2.05) is 0 Å². The number of carbonyl (C=O) groups excluding carboxylic acids is 14. The summed E-state index contributed by atoms with van der Waals surface area (Å²) in [6.07, 6.45) is 1.43. The molecule has 0 aliphatic rings. The van der Waals surface area contributed by atoms with Crippen LogP contribution in [-0.2, 0) is 92.8 Å². The van der Waals surface area contributed by atoms with E-state index in [9.17, 15) is 72.9 Å². The number of nitrogens with one attached hydrogen (secondary N) is 19. The number of amides is 14. The van der Waals surface area contributed by atoms with Gasteiger partial charge in [0.2, 0.25) is 82.7 Å². The van der Waals surface area contributed by atoms with Crippen LogP contribution in [0.15, 0.2) is 85.3 Å². The van der Waals surface area contributed by atoms with Gasteiger partial charge in [0, 0.05) is 64.1 Å². The van der Waals surface area contributed by atoms with Gasteiger partial charge in [-0.15, -0.1) is 0 Å². The first-order valence-corrected chi connectivity index (χ1v) is 40.8. The molecule has 4 aromatic rings. The number of primary amides is 2. The number of H-pyrrole nitrogens is 1. The van der Waals surface area contributed by atoms with Crippen LogP contribution in [0, 0.1) is 39.9 Å². The Morgan fingerprint density at radius 3 is 0.984 bits per heavy atom. The van der Waals surface area contributed by atoms with Crippen molar-refractivity contribution in [3.8, 4) is 17.2 Å². The molecule has 14 amide bonds. The van der Waals surface area contributed by atoms with E-state index < -0.39 is 179 Å². The van der Waals surface area contributed by atoms with Crippen molar-refractivity contribution in [2.45, 2.75) is 231 Å². The molecule has 3 aromatic carbocycles. The van der Waals surface area contributed by atoms with Crippen molar-refractivity contribution in [3.63, 3.8) is 0 Å². The van der Waals surface area contributed by atoms with Crippen molar-refractivity contribution in [1.29, 1.82) is 16.2 Å². The van der Waals surface area contributed by atoms with Crippen molar-refractivity contribution >= 4 is 101 Å². The number of hydrogen-bond acceptors (Lipinski definition) is 21. The minimum Gasteiger partial charge on any atom is -0.508 e. The zero-order valence-electron chi connectivity index (χ0n) is 70.9. The number of nitrogens with zero attached hydrogens (tertiary/aromatic N) is 1. The number of aromatic amines is 1. The van der Waals surface area contributed by atoms with E-state index in [0.29, 0.717) is 22.4 Å². The van der Waals surface area contributed by atoms with Crippen molar-refractivity contribution in [3.05, 3.63) is 108 Å². The lowest BCUT2D eigenvalue weighted by Crippen LogP contribution is -2.62. The second kappa shape index (κ2) is 52.0. The van der Waals surface area contributed by atoms with Gasteiger partial charge >= 0.3 is 0 Å². The van der Waals surface area contributed by atoms with Crippen molar-refractivity contribution < 1.29 is 82.4 Å². The number of benzene rings is 3. The minimum absolute atomic E-state index is 0.00909. The number of carbonyl (C=O) groups is 14. The second-order valence-corrected chi connectivity index (χ2v) is 31.2. The normalized spacial score (nSPS) is 14.5. The highest BCUT2D eigenvalue weighted by Crippen LogP contribution is 2.20. The van der Waals surface area contributed by atoms with Gasteiger partial charge in [-0.2, -0.15) is 0 Å². The van der Waals surface area contributed by atoms with Gasteiger partial charge in [-0.1, -0.05) is 105 Å². The predicted octanol–water partition coefficient (Wildman–Crippen LogP) is -3.03. The molecule has 0 bridgehead atoms. The number of aromatic hydroxyl groups is 3. The summed E-state index contributed by atoms with van der Waals surface area (Å²) in [6.45, 7) is 15.0. The third-order valence-corrected chi connectivity index (χ3v) is 19.9. The Bertz CT molecular complexity index is 4210. The van der Waals surface area contributed by atoms with E-state index in [0.717, 1.165) is 0 Å². The van der Waals surface area contributed by atoms with E-state index in [2.05, 4.69) is 89.7 Å². The zero-order valence-corrected chi connectivity index (χ0v) is 70.9. The molecule has 0 unspecified atom stereocenters. The quantitative estimate of drug-likeness (QED) is 0.0119. The predicted molar refractivity (Wildman–Crippen MR) is 455 cm³/mol. The van der Waals surface area contributed by atoms with Crippen LogP contribution in [0.25, 0.3) is 0 Å². The van der Waals surface area contributed by atoms with E-state index in [-0.39, 0.29) is 151 Å². The molecule has 0 aliphatic heterocycles. The lowest BCUT2D eigenvalue weighted by atomic mass is 9.95. The molecule has 1 heterocycles. The molecule has 4 rings (SSSR count). The molecule has 42 heteroatoms. The number of phenols is 3. The second-order valence-electron chi connectivity index (χ2n) is 31.2. The topological polar surface area (TPSA) is 710 Å². The molecule has 0 fully saturated rings. The van der Waals surface area contributed by atoms with Crippen LogP contribution in [0.3, 0.4) is 0 Å². The molecule has 0 spiro atoms.